The van der Waals surface area contributed by atoms with Gasteiger partial charge in [-0.2, -0.15) is 4.31 Å². The van der Waals surface area contributed by atoms with Gasteiger partial charge in [0, 0.05) is 25.5 Å². The Bertz CT molecular complexity index is 709. The van der Waals surface area contributed by atoms with Crippen molar-refractivity contribution in [2.75, 3.05) is 6.54 Å². The lowest BCUT2D eigenvalue weighted by molar-refractivity contribution is 0.333. The van der Waals surface area contributed by atoms with Crippen LogP contribution in [0.25, 0.3) is 0 Å². The van der Waals surface area contributed by atoms with Crippen molar-refractivity contribution < 1.29 is 13.5 Å². The van der Waals surface area contributed by atoms with Gasteiger partial charge in [0.25, 0.3) is 0 Å². The van der Waals surface area contributed by atoms with E-state index in [1.54, 1.807) is 18.3 Å². The van der Waals surface area contributed by atoms with Gasteiger partial charge < -0.3 is 9.67 Å². The number of hydrogen-bond acceptors (Lipinski definition) is 4. The molecule has 2 heterocycles. The smallest absolute Gasteiger partial charge is 0.247 e. The van der Waals surface area contributed by atoms with Crippen LogP contribution in [-0.4, -0.2) is 33.9 Å². The summed E-state index contributed by atoms with van der Waals surface area (Å²) in [5.41, 5.74) is 0. The minimum Gasteiger partial charge on any atom is -0.507 e. The van der Waals surface area contributed by atoms with Crippen molar-refractivity contribution in [2.24, 2.45) is 0 Å². The van der Waals surface area contributed by atoms with E-state index in [4.69, 9.17) is 0 Å². The number of aromatic nitrogens is 2. The van der Waals surface area contributed by atoms with Crippen molar-refractivity contribution in [1.29, 1.82) is 0 Å². The maximum atomic E-state index is 12.5. The van der Waals surface area contributed by atoms with Crippen LogP contribution in [0.1, 0.15) is 5.82 Å². The van der Waals surface area contributed by atoms with Crippen LogP contribution in [0.3, 0.4) is 0 Å². The summed E-state index contributed by atoms with van der Waals surface area (Å²) in [5.74, 6) is 0.488. The summed E-state index contributed by atoms with van der Waals surface area (Å²) < 4.78 is 28.2. The molecule has 0 amide bonds. The second-order valence-electron chi connectivity index (χ2n) is 4.34. The molecule has 100 valence electrons. The lowest BCUT2D eigenvalue weighted by atomic mass is 10.3. The molecule has 1 aromatic heterocycles. The number of imidazole rings is 1. The molecule has 1 N–H and O–H groups in total. The Morgan fingerprint density at radius 3 is 2.79 bits per heavy atom. The molecule has 0 saturated carbocycles. The summed E-state index contributed by atoms with van der Waals surface area (Å²) in [4.78, 5) is 4.07. The SMILES string of the molecule is O=S(=O)(c1ccccc1O)N1CCn2ccnc2C1. The molecule has 0 aliphatic carbocycles. The number of benzene rings is 1. The minimum atomic E-state index is -3.68. The van der Waals surface area contributed by atoms with E-state index in [1.807, 2.05) is 10.8 Å². The molecule has 0 bridgehead atoms. The third-order valence-electron chi connectivity index (χ3n) is 3.19. The summed E-state index contributed by atoms with van der Waals surface area (Å²) in [7, 11) is -3.68. The van der Waals surface area contributed by atoms with Crippen LogP contribution >= 0.6 is 0 Å². The highest BCUT2D eigenvalue weighted by atomic mass is 32.2. The lowest BCUT2D eigenvalue weighted by Gasteiger charge is -2.27. The van der Waals surface area contributed by atoms with Crippen LogP contribution in [0.5, 0.6) is 5.75 Å². The molecule has 0 unspecified atom stereocenters. The minimum absolute atomic E-state index is 0.0602. The first-order valence-electron chi connectivity index (χ1n) is 5.87. The number of phenols is 1. The average Bonchev–Trinajstić information content (AvgIpc) is 2.86. The predicted molar refractivity (Wildman–Crippen MR) is 67.9 cm³/mol. The zero-order chi connectivity index (χ0) is 13.5. The highest BCUT2D eigenvalue weighted by molar-refractivity contribution is 7.89. The number of sulfonamides is 1. The van der Waals surface area contributed by atoms with Gasteiger partial charge in [-0.25, -0.2) is 13.4 Å². The van der Waals surface area contributed by atoms with E-state index in [2.05, 4.69) is 4.98 Å². The lowest BCUT2D eigenvalue weighted by Crippen LogP contribution is -2.38. The van der Waals surface area contributed by atoms with Crippen molar-refractivity contribution in [3.63, 3.8) is 0 Å². The van der Waals surface area contributed by atoms with Gasteiger partial charge in [-0.3, -0.25) is 0 Å². The monoisotopic (exact) mass is 279 g/mol. The molecule has 0 atom stereocenters. The molecule has 0 spiro atoms. The van der Waals surface area contributed by atoms with Crippen LogP contribution in [0.4, 0.5) is 0 Å². The molecule has 1 aliphatic rings. The van der Waals surface area contributed by atoms with Crippen LogP contribution < -0.4 is 0 Å². The van der Waals surface area contributed by atoms with Crippen LogP contribution in [0, 0.1) is 0 Å². The van der Waals surface area contributed by atoms with Crippen molar-refractivity contribution in [2.45, 2.75) is 18.0 Å². The van der Waals surface area contributed by atoms with Gasteiger partial charge in [0.1, 0.15) is 16.5 Å². The fourth-order valence-electron chi connectivity index (χ4n) is 2.17. The highest BCUT2D eigenvalue weighted by Gasteiger charge is 2.30. The number of aromatic hydroxyl groups is 1. The first-order chi connectivity index (χ1) is 9.09. The largest absolute Gasteiger partial charge is 0.507 e. The molecule has 7 heteroatoms. The molecular weight excluding hydrogens is 266 g/mol. The number of nitrogens with zero attached hydrogens (tertiary/aromatic N) is 3. The van der Waals surface area contributed by atoms with Gasteiger partial charge in [-0.1, -0.05) is 12.1 Å². The molecule has 1 aromatic carbocycles. The van der Waals surface area contributed by atoms with E-state index in [1.165, 1.54) is 16.4 Å². The zero-order valence-electron chi connectivity index (χ0n) is 10.1. The second kappa shape index (κ2) is 4.36. The summed E-state index contributed by atoms with van der Waals surface area (Å²) in [6.45, 7) is 1.17. The molecule has 3 rings (SSSR count). The van der Waals surface area contributed by atoms with Gasteiger partial charge in [0.15, 0.2) is 0 Å². The molecule has 6 nitrogen and oxygen atoms in total. The molecule has 0 radical (unpaired) electrons. The van der Waals surface area contributed by atoms with E-state index in [9.17, 15) is 13.5 Å². The quantitative estimate of drug-likeness (QED) is 0.882. The molecule has 0 fully saturated rings. The Labute approximate surface area is 111 Å². The highest BCUT2D eigenvalue weighted by Crippen LogP contribution is 2.27. The third kappa shape index (κ3) is 2.00. The summed E-state index contributed by atoms with van der Waals surface area (Å²) in [5, 5.41) is 9.71. The van der Waals surface area contributed by atoms with E-state index in [0.717, 1.165) is 0 Å². The van der Waals surface area contributed by atoms with E-state index < -0.39 is 10.0 Å². The van der Waals surface area contributed by atoms with Crippen molar-refractivity contribution in [3.05, 3.63) is 42.5 Å². The molecule has 2 aromatic rings. The fraction of sp³-hybridized carbons (Fsp3) is 0.250. The molecule has 1 aliphatic heterocycles. The number of rotatable bonds is 2. The number of phenolic OH excluding ortho intramolecular Hbond substituents is 1. The summed E-state index contributed by atoms with van der Waals surface area (Å²) >= 11 is 0. The van der Waals surface area contributed by atoms with Crippen LogP contribution in [0.2, 0.25) is 0 Å². The van der Waals surface area contributed by atoms with Crippen LogP contribution in [-0.2, 0) is 23.1 Å². The topological polar surface area (TPSA) is 75.4 Å². The summed E-state index contributed by atoms with van der Waals surface area (Å²) in [6, 6.07) is 5.97. The number of hydrogen-bond donors (Lipinski definition) is 1. The molecular formula is C12H13N3O3S. The number of para-hydroxylation sites is 1. The Morgan fingerprint density at radius 2 is 2.00 bits per heavy atom. The maximum Gasteiger partial charge on any atom is 0.247 e. The van der Waals surface area contributed by atoms with Crippen LogP contribution in [0.15, 0.2) is 41.6 Å². The third-order valence-corrected chi connectivity index (χ3v) is 5.09. The number of fused-ring (bicyclic) bond motifs is 1. The Balaban J connectivity index is 1.97. The molecule has 19 heavy (non-hydrogen) atoms. The average molecular weight is 279 g/mol. The Morgan fingerprint density at radius 1 is 1.21 bits per heavy atom. The first-order valence-corrected chi connectivity index (χ1v) is 7.31. The van der Waals surface area contributed by atoms with E-state index in [0.29, 0.717) is 18.9 Å². The van der Waals surface area contributed by atoms with Crippen molar-refractivity contribution in [3.8, 4) is 5.75 Å². The normalized spacial score (nSPS) is 16.2. The van der Waals surface area contributed by atoms with E-state index >= 15 is 0 Å². The van der Waals surface area contributed by atoms with E-state index in [-0.39, 0.29) is 17.2 Å². The Kier molecular flexibility index (Phi) is 2.79. The zero-order valence-corrected chi connectivity index (χ0v) is 10.9. The van der Waals surface area contributed by atoms with Crippen molar-refractivity contribution in [1.82, 2.24) is 13.9 Å². The van der Waals surface area contributed by atoms with Crippen molar-refractivity contribution >= 4 is 10.0 Å². The van der Waals surface area contributed by atoms with Gasteiger partial charge in [-0.15, -0.1) is 0 Å². The summed E-state index contributed by atoms with van der Waals surface area (Å²) in [6.07, 6.45) is 3.49. The van der Waals surface area contributed by atoms with Gasteiger partial charge in [0.2, 0.25) is 10.0 Å². The first kappa shape index (κ1) is 12.2. The van der Waals surface area contributed by atoms with Gasteiger partial charge >= 0.3 is 0 Å². The maximum absolute atomic E-state index is 12.5. The molecule has 0 saturated heterocycles. The standard InChI is InChI=1S/C12H13N3O3S/c16-10-3-1-2-4-11(10)19(17,18)15-8-7-14-6-5-13-12(14)9-15/h1-6,16H,7-9H2. The predicted octanol–water partition coefficient (Wildman–Crippen LogP) is 0.793. The fourth-order valence-corrected chi connectivity index (χ4v) is 3.64. The van der Waals surface area contributed by atoms with Gasteiger partial charge in [-0.05, 0) is 12.1 Å². The van der Waals surface area contributed by atoms with Gasteiger partial charge in [0.05, 0.1) is 6.54 Å². The Hall–Kier alpha value is -1.86. The second-order valence-corrected chi connectivity index (χ2v) is 6.25.